The zero-order valence-electron chi connectivity index (χ0n) is 7.86. The van der Waals surface area contributed by atoms with Crippen molar-refractivity contribution in [2.75, 3.05) is 0 Å². The molecule has 1 heterocycles. The van der Waals surface area contributed by atoms with Gasteiger partial charge in [-0.2, -0.15) is 0 Å². The van der Waals surface area contributed by atoms with E-state index in [0.29, 0.717) is 0 Å². The van der Waals surface area contributed by atoms with Gasteiger partial charge in [0.15, 0.2) is 5.78 Å². The lowest BCUT2D eigenvalue weighted by atomic mass is 10.0. The Kier molecular flexibility index (Phi) is 2.35. The molecule has 0 saturated carbocycles. The van der Waals surface area contributed by atoms with Crippen LogP contribution in [0.3, 0.4) is 0 Å². The van der Waals surface area contributed by atoms with Gasteiger partial charge >= 0.3 is 0 Å². The summed E-state index contributed by atoms with van der Waals surface area (Å²) in [4.78, 5) is 11.2. The number of hydrogen-bond donors (Lipinski definition) is 1. The standard InChI is InChI=1S/C11H11NOS/c1-7(13)11(12)9-6-14-10-5-3-2-4-8(9)10/h2-6,11H,12H2,1H3. The number of Topliss-reactive ketones (excluding diaryl/α,β-unsaturated/α-hetero) is 1. The van der Waals surface area contributed by atoms with Crippen LogP contribution in [0.2, 0.25) is 0 Å². The summed E-state index contributed by atoms with van der Waals surface area (Å²) in [6.45, 7) is 1.52. The molecule has 0 aliphatic rings. The molecule has 0 bridgehead atoms. The van der Waals surface area contributed by atoms with Gasteiger partial charge < -0.3 is 5.73 Å². The van der Waals surface area contributed by atoms with Gasteiger partial charge in [0.05, 0.1) is 6.04 Å². The van der Waals surface area contributed by atoms with Crippen molar-refractivity contribution in [3.8, 4) is 0 Å². The molecule has 2 nitrogen and oxygen atoms in total. The van der Waals surface area contributed by atoms with Crippen LogP contribution in [-0.2, 0) is 4.79 Å². The fourth-order valence-electron chi connectivity index (χ4n) is 1.46. The highest BCUT2D eigenvalue weighted by atomic mass is 32.1. The number of carbonyl (C=O) groups excluding carboxylic acids is 1. The second-order valence-corrected chi connectivity index (χ2v) is 4.19. The summed E-state index contributed by atoms with van der Waals surface area (Å²) in [5, 5.41) is 3.07. The molecule has 72 valence electrons. The lowest BCUT2D eigenvalue weighted by Crippen LogP contribution is -2.17. The summed E-state index contributed by atoms with van der Waals surface area (Å²) in [5.41, 5.74) is 6.75. The monoisotopic (exact) mass is 205 g/mol. The highest BCUT2D eigenvalue weighted by molar-refractivity contribution is 7.17. The molecule has 0 aliphatic carbocycles. The Morgan fingerprint density at radius 2 is 2.14 bits per heavy atom. The van der Waals surface area contributed by atoms with Gasteiger partial charge in [-0.1, -0.05) is 18.2 Å². The fourth-order valence-corrected chi connectivity index (χ4v) is 2.46. The van der Waals surface area contributed by atoms with Crippen LogP contribution in [0, 0.1) is 0 Å². The van der Waals surface area contributed by atoms with Crippen molar-refractivity contribution in [2.45, 2.75) is 13.0 Å². The molecule has 0 spiro atoms. The van der Waals surface area contributed by atoms with E-state index in [4.69, 9.17) is 5.73 Å². The van der Waals surface area contributed by atoms with Gasteiger partial charge in [0.1, 0.15) is 0 Å². The molecule has 2 rings (SSSR count). The first kappa shape index (κ1) is 9.37. The summed E-state index contributed by atoms with van der Waals surface area (Å²) < 4.78 is 1.18. The number of rotatable bonds is 2. The van der Waals surface area contributed by atoms with Crippen molar-refractivity contribution in [1.82, 2.24) is 0 Å². The minimum Gasteiger partial charge on any atom is -0.318 e. The number of benzene rings is 1. The summed E-state index contributed by atoms with van der Waals surface area (Å²) in [7, 11) is 0. The Hall–Kier alpha value is -1.19. The fraction of sp³-hybridized carbons (Fsp3) is 0.182. The van der Waals surface area contributed by atoms with Crippen molar-refractivity contribution in [3.05, 3.63) is 35.2 Å². The number of hydrogen-bond acceptors (Lipinski definition) is 3. The van der Waals surface area contributed by atoms with Gasteiger partial charge in [0.25, 0.3) is 0 Å². The van der Waals surface area contributed by atoms with Crippen LogP contribution >= 0.6 is 11.3 Å². The van der Waals surface area contributed by atoms with E-state index in [0.717, 1.165) is 10.9 Å². The smallest absolute Gasteiger partial charge is 0.151 e. The predicted octanol–water partition coefficient (Wildman–Crippen LogP) is 2.49. The highest BCUT2D eigenvalue weighted by Crippen LogP contribution is 2.29. The number of carbonyl (C=O) groups is 1. The van der Waals surface area contributed by atoms with Crippen molar-refractivity contribution < 1.29 is 4.79 Å². The normalized spacial score (nSPS) is 13.0. The zero-order valence-corrected chi connectivity index (χ0v) is 8.67. The van der Waals surface area contributed by atoms with Crippen molar-refractivity contribution in [2.24, 2.45) is 5.73 Å². The molecule has 0 saturated heterocycles. The lowest BCUT2D eigenvalue weighted by molar-refractivity contribution is -0.118. The summed E-state index contributed by atoms with van der Waals surface area (Å²) in [5.74, 6) is 0.00792. The molecule has 0 aliphatic heterocycles. The second kappa shape index (κ2) is 3.52. The van der Waals surface area contributed by atoms with Gasteiger partial charge in [-0.3, -0.25) is 4.79 Å². The summed E-state index contributed by atoms with van der Waals surface area (Å²) in [6, 6.07) is 7.51. The molecule has 1 aromatic heterocycles. The molecule has 2 aromatic rings. The van der Waals surface area contributed by atoms with E-state index < -0.39 is 6.04 Å². The van der Waals surface area contributed by atoms with E-state index in [9.17, 15) is 4.79 Å². The maximum absolute atomic E-state index is 11.2. The highest BCUT2D eigenvalue weighted by Gasteiger charge is 2.14. The molecule has 14 heavy (non-hydrogen) atoms. The minimum absolute atomic E-state index is 0.00792. The van der Waals surface area contributed by atoms with Crippen LogP contribution in [0.5, 0.6) is 0 Å². The first-order valence-electron chi connectivity index (χ1n) is 4.42. The Labute approximate surface area is 86.3 Å². The van der Waals surface area contributed by atoms with Gasteiger partial charge in [-0.25, -0.2) is 0 Å². The van der Waals surface area contributed by atoms with E-state index >= 15 is 0 Å². The molecule has 2 N–H and O–H groups in total. The molecule has 1 atom stereocenters. The third kappa shape index (κ3) is 1.45. The third-order valence-corrected chi connectivity index (χ3v) is 3.27. The van der Waals surface area contributed by atoms with E-state index in [1.807, 2.05) is 29.6 Å². The molecule has 0 radical (unpaired) electrons. The number of thiophene rings is 1. The SMILES string of the molecule is CC(=O)C(N)c1csc2ccccc12. The Morgan fingerprint density at radius 1 is 1.43 bits per heavy atom. The largest absolute Gasteiger partial charge is 0.318 e. The van der Waals surface area contributed by atoms with Gasteiger partial charge in [-0.05, 0) is 29.3 Å². The van der Waals surface area contributed by atoms with Crippen LogP contribution in [0.1, 0.15) is 18.5 Å². The van der Waals surface area contributed by atoms with E-state index in [2.05, 4.69) is 0 Å². The summed E-state index contributed by atoms with van der Waals surface area (Å²) in [6.07, 6.45) is 0. The van der Waals surface area contributed by atoms with Gasteiger partial charge in [-0.15, -0.1) is 11.3 Å². The average Bonchev–Trinajstić information content (AvgIpc) is 2.60. The van der Waals surface area contributed by atoms with E-state index in [1.165, 1.54) is 11.6 Å². The second-order valence-electron chi connectivity index (χ2n) is 3.28. The van der Waals surface area contributed by atoms with Crippen LogP contribution in [0.4, 0.5) is 0 Å². The number of fused-ring (bicyclic) bond motifs is 1. The van der Waals surface area contributed by atoms with Crippen LogP contribution in [0.15, 0.2) is 29.6 Å². The molecule has 0 amide bonds. The zero-order chi connectivity index (χ0) is 10.1. The summed E-state index contributed by atoms with van der Waals surface area (Å²) >= 11 is 1.63. The van der Waals surface area contributed by atoms with Crippen molar-refractivity contribution in [1.29, 1.82) is 0 Å². The number of ketones is 1. The molecular weight excluding hydrogens is 194 g/mol. The molecular formula is C11H11NOS. The third-order valence-electron chi connectivity index (χ3n) is 2.28. The first-order chi connectivity index (χ1) is 6.70. The molecule has 3 heteroatoms. The topological polar surface area (TPSA) is 43.1 Å². The molecule has 1 aromatic carbocycles. The maximum Gasteiger partial charge on any atom is 0.151 e. The predicted molar refractivity (Wildman–Crippen MR) is 59.4 cm³/mol. The average molecular weight is 205 g/mol. The number of nitrogens with two attached hydrogens (primary N) is 1. The van der Waals surface area contributed by atoms with Crippen LogP contribution < -0.4 is 5.73 Å². The maximum atomic E-state index is 11.2. The Balaban J connectivity index is 2.58. The first-order valence-corrected chi connectivity index (χ1v) is 5.30. The van der Waals surface area contributed by atoms with Crippen LogP contribution in [-0.4, -0.2) is 5.78 Å². The molecule has 0 fully saturated rings. The minimum atomic E-state index is -0.480. The van der Waals surface area contributed by atoms with Crippen LogP contribution in [0.25, 0.3) is 10.1 Å². The molecule has 1 unspecified atom stereocenters. The van der Waals surface area contributed by atoms with Gasteiger partial charge in [0, 0.05) is 4.70 Å². The lowest BCUT2D eigenvalue weighted by Gasteiger charge is -2.05. The van der Waals surface area contributed by atoms with E-state index in [-0.39, 0.29) is 5.78 Å². The van der Waals surface area contributed by atoms with Crippen molar-refractivity contribution in [3.63, 3.8) is 0 Å². The van der Waals surface area contributed by atoms with Gasteiger partial charge in [0.2, 0.25) is 0 Å². The Morgan fingerprint density at radius 3 is 2.86 bits per heavy atom. The quantitative estimate of drug-likeness (QED) is 0.818. The van der Waals surface area contributed by atoms with Crippen molar-refractivity contribution >= 4 is 27.2 Å². The van der Waals surface area contributed by atoms with E-state index in [1.54, 1.807) is 11.3 Å². The Bertz CT molecular complexity index is 475.